The van der Waals surface area contributed by atoms with Gasteiger partial charge in [-0.2, -0.15) is 13.2 Å². The zero-order chi connectivity index (χ0) is 29.7. The Bertz CT molecular complexity index is 1570. The number of benzene rings is 1. The van der Waals surface area contributed by atoms with Crippen molar-refractivity contribution in [3.05, 3.63) is 84.2 Å². The average Bonchev–Trinajstić information content (AvgIpc) is 3.32. The number of amides is 4. The number of rotatable bonds is 6. The first-order valence-corrected chi connectivity index (χ1v) is 11.9. The Hall–Kier alpha value is -5.32. The molecule has 1 saturated heterocycles. The smallest absolute Gasteiger partial charge is 0.335 e. The SMILES string of the molecule is C=CC(=O)Nc1cc(C#CCN(C(=O)[C@@H]2CNC(=O)N2c2cc(C(F)(F)F)cc(C)n2)c2ccc(F)cc2)ncn1. The number of urea groups is 1. The summed E-state index contributed by atoms with van der Waals surface area (Å²) in [7, 11) is 0. The molecule has 1 aromatic carbocycles. The quantitative estimate of drug-likeness (QED) is 0.268. The van der Waals surface area contributed by atoms with Gasteiger partial charge in [-0.05, 0) is 55.3 Å². The van der Waals surface area contributed by atoms with Gasteiger partial charge in [0.25, 0.3) is 5.91 Å². The lowest BCUT2D eigenvalue weighted by Crippen LogP contribution is -2.48. The fraction of sp³-hybridized carbons (Fsp3) is 0.185. The molecule has 0 bridgehead atoms. The van der Waals surface area contributed by atoms with Crippen molar-refractivity contribution in [3.8, 4) is 11.8 Å². The minimum absolute atomic E-state index is 0.00418. The second kappa shape index (κ2) is 11.8. The third kappa shape index (κ3) is 6.82. The Morgan fingerprint density at radius 1 is 1.22 bits per heavy atom. The van der Waals surface area contributed by atoms with E-state index in [2.05, 4.69) is 44.0 Å². The maximum absolute atomic E-state index is 13.8. The highest BCUT2D eigenvalue weighted by Crippen LogP contribution is 2.33. The van der Waals surface area contributed by atoms with Gasteiger partial charge in [0.2, 0.25) is 5.91 Å². The molecule has 210 valence electrons. The van der Waals surface area contributed by atoms with Crippen LogP contribution in [-0.2, 0) is 15.8 Å². The van der Waals surface area contributed by atoms with Gasteiger partial charge in [-0.3, -0.25) is 19.4 Å². The molecule has 0 aliphatic carbocycles. The first-order chi connectivity index (χ1) is 19.5. The van der Waals surface area contributed by atoms with Gasteiger partial charge in [0.1, 0.15) is 35.5 Å². The monoisotopic (exact) mass is 567 g/mol. The Labute approximate surface area is 231 Å². The minimum atomic E-state index is -4.71. The molecule has 0 unspecified atom stereocenters. The number of nitrogens with one attached hydrogen (secondary N) is 2. The van der Waals surface area contributed by atoms with Crippen LogP contribution >= 0.6 is 0 Å². The van der Waals surface area contributed by atoms with Crippen LogP contribution in [0.2, 0.25) is 0 Å². The molecule has 1 atom stereocenters. The van der Waals surface area contributed by atoms with E-state index in [1.165, 1.54) is 31.5 Å². The van der Waals surface area contributed by atoms with Gasteiger partial charge in [0.05, 0.1) is 12.1 Å². The van der Waals surface area contributed by atoms with Crippen molar-refractivity contribution in [2.45, 2.75) is 19.1 Å². The second-order valence-corrected chi connectivity index (χ2v) is 8.61. The van der Waals surface area contributed by atoms with Crippen molar-refractivity contribution in [1.29, 1.82) is 0 Å². The predicted molar refractivity (Wildman–Crippen MR) is 140 cm³/mol. The van der Waals surface area contributed by atoms with E-state index in [1.807, 2.05) is 0 Å². The number of aromatic nitrogens is 3. The molecule has 3 aromatic rings. The van der Waals surface area contributed by atoms with Crippen LogP contribution in [0.25, 0.3) is 0 Å². The third-order valence-corrected chi connectivity index (χ3v) is 5.74. The molecule has 4 rings (SSSR count). The summed E-state index contributed by atoms with van der Waals surface area (Å²) in [6, 6.07) is 5.70. The zero-order valence-electron chi connectivity index (χ0n) is 21.4. The van der Waals surface area contributed by atoms with E-state index in [1.54, 1.807) is 0 Å². The zero-order valence-corrected chi connectivity index (χ0v) is 21.4. The maximum atomic E-state index is 13.8. The van der Waals surface area contributed by atoms with E-state index in [9.17, 15) is 31.9 Å². The lowest BCUT2D eigenvalue weighted by Gasteiger charge is -2.28. The number of hydrogen-bond acceptors (Lipinski definition) is 6. The van der Waals surface area contributed by atoms with Crippen LogP contribution in [0.5, 0.6) is 0 Å². The summed E-state index contributed by atoms with van der Waals surface area (Å²) in [4.78, 5) is 52.0. The Morgan fingerprint density at radius 3 is 2.63 bits per heavy atom. The van der Waals surface area contributed by atoms with Crippen LogP contribution in [0.4, 0.5) is 39.7 Å². The Kier molecular flexibility index (Phi) is 8.27. The van der Waals surface area contributed by atoms with Crippen molar-refractivity contribution in [2.75, 3.05) is 28.2 Å². The molecule has 0 saturated carbocycles. The van der Waals surface area contributed by atoms with Crippen LogP contribution in [0, 0.1) is 24.6 Å². The average molecular weight is 568 g/mol. The van der Waals surface area contributed by atoms with Crippen LogP contribution in [0.15, 0.2) is 61.4 Å². The van der Waals surface area contributed by atoms with Crippen molar-refractivity contribution in [3.63, 3.8) is 0 Å². The molecule has 1 fully saturated rings. The molecular formula is C27H21F4N7O3. The molecule has 1 aliphatic rings. The minimum Gasteiger partial charge on any atom is -0.335 e. The molecule has 2 aromatic heterocycles. The molecular weight excluding hydrogens is 546 g/mol. The Balaban J connectivity index is 1.66. The number of carbonyl (C=O) groups excluding carboxylic acids is 3. The summed E-state index contributed by atoms with van der Waals surface area (Å²) in [6.45, 7) is 4.20. The van der Waals surface area contributed by atoms with Crippen molar-refractivity contribution >= 4 is 35.2 Å². The largest absolute Gasteiger partial charge is 0.416 e. The number of carbonyl (C=O) groups is 3. The molecule has 0 spiro atoms. The standard InChI is InChI=1S/C27H21F4N7O3/c1-3-24(39)36-22-13-19(33-15-34-22)5-4-10-37(20-8-6-18(28)7-9-20)25(40)21-14-32-26(41)38(21)23-12-17(27(29,30)31)11-16(2)35-23/h3,6-9,11-13,15,21H,1,10,14H2,2H3,(H,32,41)(H,33,34,36,39)/t21-/m0/s1. The van der Waals surface area contributed by atoms with Crippen LogP contribution in [0.1, 0.15) is 17.0 Å². The number of hydrogen-bond donors (Lipinski definition) is 2. The van der Waals surface area contributed by atoms with Crippen molar-refractivity contribution in [1.82, 2.24) is 20.3 Å². The summed E-state index contributed by atoms with van der Waals surface area (Å²) in [5, 5.41) is 4.93. The molecule has 1 aliphatic heterocycles. The molecule has 14 heteroatoms. The summed E-state index contributed by atoms with van der Waals surface area (Å²) in [5.74, 6) is 3.55. The lowest BCUT2D eigenvalue weighted by atomic mass is 10.1. The van der Waals surface area contributed by atoms with Gasteiger partial charge in [-0.15, -0.1) is 0 Å². The van der Waals surface area contributed by atoms with E-state index < -0.39 is 41.4 Å². The number of anilines is 3. The van der Waals surface area contributed by atoms with Crippen molar-refractivity contribution < 1.29 is 31.9 Å². The molecule has 3 heterocycles. The maximum Gasteiger partial charge on any atom is 0.416 e. The molecule has 0 radical (unpaired) electrons. The van der Waals surface area contributed by atoms with E-state index in [0.717, 1.165) is 34.1 Å². The van der Waals surface area contributed by atoms with Gasteiger partial charge >= 0.3 is 12.2 Å². The van der Waals surface area contributed by atoms with E-state index in [4.69, 9.17) is 0 Å². The fourth-order valence-corrected chi connectivity index (χ4v) is 3.88. The summed E-state index contributed by atoms with van der Waals surface area (Å²) in [5.41, 5.74) is -0.607. The number of nitrogens with zero attached hydrogens (tertiary/aromatic N) is 5. The third-order valence-electron chi connectivity index (χ3n) is 5.74. The van der Waals surface area contributed by atoms with Gasteiger partial charge < -0.3 is 10.6 Å². The van der Waals surface area contributed by atoms with E-state index in [-0.39, 0.29) is 41.8 Å². The first-order valence-electron chi connectivity index (χ1n) is 11.9. The molecule has 10 nitrogen and oxygen atoms in total. The van der Waals surface area contributed by atoms with E-state index >= 15 is 0 Å². The molecule has 2 N–H and O–H groups in total. The Morgan fingerprint density at radius 2 is 1.95 bits per heavy atom. The van der Waals surface area contributed by atoms with Crippen LogP contribution < -0.4 is 20.4 Å². The highest BCUT2D eigenvalue weighted by molar-refractivity contribution is 6.08. The summed E-state index contributed by atoms with van der Waals surface area (Å²) < 4.78 is 54.0. The summed E-state index contributed by atoms with van der Waals surface area (Å²) in [6.07, 6.45) is -2.48. The second-order valence-electron chi connectivity index (χ2n) is 8.61. The van der Waals surface area contributed by atoms with Gasteiger partial charge in [0.15, 0.2) is 0 Å². The number of pyridine rings is 1. The predicted octanol–water partition coefficient (Wildman–Crippen LogP) is 3.45. The van der Waals surface area contributed by atoms with E-state index in [0.29, 0.717) is 6.07 Å². The number of halogens is 4. The normalized spacial score (nSPS) is 14.5. The first kappa shape index (κ1) is 28.7. The molecule has 4 amide bonds. The van der Waals surface area contributed by atoms with Crippen molar-refractivity contribution in [2.24, 2.45) is 0 Å². The van der Waals surface area contributed by atoms with Crippen LogP contribution in [-0.4, -0.2) is 51.9 Å². The number of aryl methyl sites for hydroxylation is 1. The topological polar surface area (TPSA) is 120 Å². The molecule has 41 heavy (non-hydrogen) atoms. The fourth-order valence-electron chi connectivity index (χ4n) is 3.88. The highest BCUT2D eigenvalue weighted by Gasteiger charge is 2.41. The van der Waals surface area contributed by atoms with Crippen LogP contribution in [0.3, 0.4) is 0 Å². The van der Waals surface area contributed by atoms with Gasteiger partial charge in [0, 0.05) is 24.0 Å². The lowest BCUT2D eigenvalue weighted by molar-refractivity contribution is -0.137. The summed E-state index contributed by atoms with van der Waals surface area (Å²) >= 11 is 0. The van der Waals surface area contributed by atoms with Gasteiger partial charge in [-0.1, -0.05) is 12.5 Å². The highest BCUT2D eigenvalue weighted by atomic mass is 19.4. The van der Waals surface area contributed by atoms with Gasteiger partial charge in [-0.25, -0.2) is 24.1 Å². The number of alkyl halides is 3.